The van der Waals surface area contributed by atoms with E-state index < -0.39 is 0 Å². The van der Waals surface area contributed by atoms with Crippen LogP contribution in [0.15, 0.2) is 42.5 Å². The van der Waals surface area contributed by atoms with E-state index in [4.69, 9.17) is 4.74 Å². The third-order valence-electron chi connectivity index (χ3n) is 4.50. The summed E-state index contributed by atoms with van der Waals surface area (Å²) in [4.78, 5) is 2.42. The quantitative estimate of drug-likeness (QED) is 0.706. The van der Waals surface area contributed by atoms with E-state index in [2.05, 4.69) is 61.3 Å². The number of benzene rings is 2. The number of ether oxygens (including phenoxy) is 1. The molecule has 0 aromatic heterocycles. The standard InChI is InChI=1S/C21H27NO/c1-17-9-10-21-20(13-17)15-18-7-6-8-19(14-18)16-22(2)11-4-3-5-12-23-21/h6-10,13-14H,3-5,11-12,15-16H2,1-2H3. The molecule has 0 saturated heterocycles. The van der Waals surface area contributed by atoms with E-state index in [1.54, 1.807) is 0 Å². The smallest absolute Gasteiger partial charge is 0.122 e. The van der Waals surface area contributed by atoms with Gasteiger partial charge in [0.05, 0.1) is 6.61 Å². The lowest BCUT2D eigenvalue weighted by Gasteiger charge is -2.18. The second-order valence-corrected chi connectivity index (χ2v) is 6.75. The predicted octanol–water partition coefficient (Wildman–Crippen LogP) is 4.58. The largest absolute Gasteiger partial charge is 0.493 e. The maximum atomic E-state index is 6.07. The summed E-state index contributed by atoms with van der Waals surface area (Å²) in [5.41, 5.74) is 5.36. The molecule has 0 fully saturated rings. The van der Waals surface area contributed by atoms with E-state index in [1.807, 2.05) is 0 Å². The fraction of sp³-hybridized carbons (Fsp3) is 0.429. The molecule has 0 unspecified atom stereocenters. The first-order chi connectivity index (χ1) is 11.2. The van der Waals surface area contributed by atoms with Crippen LogP contribution in [-0.4, -0.2) is 25.1 Å². The molecule has 2 aromatic rings. The summed E-state index contributed by atoms with van der Waals surface area (Å²) in [6.07, 6.45) is 4.53. The summed E-state index contributed by atoms with van der Waals surface area (Å²) in [6.45, 7) is 5.15. The zero-order valence-corrected chi connectivity index (χ0v) is 14.3. The van der Waals surface area contributed by atoms with Gasteiger partial charge in [-0.25, -0.2) is 0 Å². The minimum atomic E-state index is 0.819. The molecule has 122 valence electrons. The van der Waals surface area contributed by atoms with Gasteiger partial charge in [0.1, 0.15) is 5.75 Å². The summed E-state index contributed by atoms with van der Waals surface area (Å²) in [5.74, 6) is 1.05. The summed E-state index contributed by atoms with van der Waals surface area (Å²) in [6, 6.07) is 15.5. The van der Waals surface area contributed by atoms with Crippen molar-refractivity contribution in [3.8, 4) is 5.75 Å². The van der Waals surface area contributed by atoms with E-state index >= 15 is 0 Å². The summed E-state index contributed by atoms with van der Waals surface area (Å²) >= 11 is 0. The molecule has 0 spiro atoms. The van der Waals surface area contributed by atoms with Gasteiger partial charge in [0.25, 0.3) is 0 Å². The van der Waals surface area contributed by atoms with Crippen LogP contribution >= 0.6 is 0 Å². The van der Waals surface area contributed by atoms with Crippen molar-refractivity contribution in [2.24, 2.45) is 0 Å². The highest BCUT2D eigenvalue weighted by Crippen LogP contribution is 2.24. The van der Waals surface area contributed by atoms with Gasteiger partial charge in [0.15, 0.2) is 0 Å². The number of fused-ring (bicyclic) bond motifs is 3. The van der Waals surface area contributed by atoms with Crippen LogP contribution in [-0.2, 0) is 13.0 Å². The topological polar surface area (TPSA) is 12.5 Å². The Morgan fingerprint density at radius 3 is 2.74 bits per heavy atom. The number of hydrogen-bond acceptors (Lipinski definition) is 2. The molecule has 3 rings (SSSR count). The number of hydrogen-bond donors (Lipinski definition) is 0. The Labute approximate surface area is 140 Å². The molecule has 2 aromatic carbocycles. The Bertz CT molecular complexity index is 650. The van der Waals surface area contributed by atoms with E-state index in [0.717, 1.165) is 38.3 Å². The Morgan fingerprint density at radius 2 is 1.83 bits per heavy atom. The number of nitrogens with zero attached hydrogens (tertiary/aromatic N) is 1. The molecule has 0 radical (unpaired) electrons. The van der Waals surface area contributed by atoms with Crippen molar-refractivity contribution in [3.63, 3.8) is 0 Å². The van der Waals surface area contributed by atoms with Crippen molar-refractivity contribution in [2.45, 2.75) is 39.2 Å². The van der Waals surface area contributed by atoms with Gasteiger partial charge in [-0.15, -0.1) is 0 Å². The summed E-state index contributed by atoms with van der Waals surface area (Å²) in [7, 11) is 2.22. The molecule has 0 amide bonds. The van der Waals surface area contributed by atoms with Gasteiger partial charge in [0.2, 0.25) is 0 Å². The van der Waals surface area contributed by atoms with Crippen LogP contribution < -0.4 is 4.74 Å². The summed E-state index contributed by atoms with van der Waals surface area (Å²) in [5, 5.41) is 0. The highest BCUT2D eigenvalue weighted by Gasteiger charge is 2.08. The van der Waals surface area contributed by atoms with Crippen molar-refractivity contribution in [3.05, 3.63) is 64.7 Å². The van der Waals surface area contributed by atoms with Gasteiger partial charge in [-0.1, -0.05) is 42.0 Å². The second-order valence-electron chi connectivity index (χ2n) is 6.75. The Balaban J connectivity index is 1.90. The Hall–Kier alpha value is -1.80. The zero-order valence-electron chi connectivity index (χ0n) is 14.3. The van der Waals surface area contributed by atoms with Gasteiger partial charge in [0, 0.05) is 13.0 Å². The van der Waals surface area contributed by atoms with Crippen LogP contribution in [0.5, 0.6) is 5.75 Å². The second kappa shape index (κ2) is 7.65. The molecule has 1 aliphatic rings. The summed E-state index contributed by atoms with van der Waals surface area (Å²) < 4.78 is 6.07. The molecule has 0 aliphatic carbocycles. The maximum Gasteiger partial charge on any atom is 0.122 e. The third-order valence-corrected chi connectivity index (χ3v) is 4.50. The highest BCUT2D eigenvalue weighted by molar-refractivity contribution is 5.41. The third kappa shape index (κ3) is 4.59. The van der Waals surface area contributed by atoms with E-state index in [0.29, 0.717) is 0 Å². The molecular weight excluding hydrogens is 282 g/mol. The number of aryl methyl sites for hydroxylation is 1. The monoisotopic (exact) mass is 309 g/mol. The normalized spacial score (nSPS) is 17.0. The average Bonchev–Trinajstić information content (AvgIpc) is 2.52. The van der Waals surface area contributed by atoms with Crippen molar-refractivity contribution >= 4 is 0 Å². The zero-order chi connectivity index (χ0) is 16.1. The SMILES string of the molecule is Cc1ccc2c(c1)Cc1cccc(c1)CN(C)CCCCCO2. The number of rotatable bonds is 0. The molecule has 2 heteroatoms. The molecule has 0 atom stereocenters. The fourth-order valence-electron chi connectivity index (χ4n) is 3.28. The molecule has 0 saturated carbocycles. The van der Waals surface area contributed by atoms with Crippen molar-refractivity contribution in [1.29, 1.82) is 0 Å². The molecule has 1 aliphatic heterocycles. The van der Waals surface area contributed by atoms with Crippen molar-refractivity contribution in [2.75, 3.05) is 20.2 Å². The molecule has 2 nitrogen and oxygen atoms in total. The highest BCUT2D eigenvalue weighted by atomic mass is 16.5. The van der Waals surface area contributed by atoms with Crippen LogP contribution in [0.4, 0.5) is 0 Å². The lowest BCUT2D eigenvalue weighted by atomic mass is 10.00. The Morgan fingerprint density at radius 1 is 0.957 bits per heavy atom. The van der Waals surface area contributed by atoms with Crippen LogP contribution in [0.25, 0.3) is 0 Å². The van der Waals surface area contributed by atoms with Crippen LogP contribution in [0.3, 0.4) is 0 Å². The van der Waals surface area contributed by atoms with Gasteiger partial charge >= 0.3 is 0 Å². The first-order valence-electron chi connectivity index (χ1n) is 8.69. The average molecular weight is 309 g/mol. The molecule has 23 heavy (non-hydrogen) atoms. The molecule has 2 bridgehead atoms. The lowest BCUT2D eigenvalue weighted by Crippen LogP contribution is -2.19. The predicted molar refractivity (Wildman–Crippen MR) is 96.1 cm³/mol. The Kier molecular flexibility index (Phi) is 5.35. The van der Waals surface area contributed by atoms with Crippen molar-refractivity contribution in [1.82, 2.24) is 4.90 Å². The van der Waals surface area contributed by atoms with Crippen LogP contribution in [0.1, 0.15) is 41.5 Å². The first kappa shape index (κ1) is 16.1. The lowest BCUT2D eigenvalue weighted by molar-refractivity contribution is 0.285. The molecule has 1 heterocycles. The van der Waals surface area contributed by atoms with Gasteiger partial charge < -0.3 is 9.64 Å². The van der Waals surface area contributed by atoms with Gasteiger partial charge in [-0.3, -0.25) is 0 Å². The maximum absolute atomic E-state index is 6.07. The molecular formula is C21H27NO. The van der Waals surface area contributed by atoms with E-state index in [9.17, 15) is 0 Å². The van der Waals surface area contributed by atoms with Crippen LogP contribution in [0.2, 0.25) is 0 Å². The van der Waals surface area contributed by atoms with Gasteiger partial charge in [-0.05, 0) is 62.5 Å². The van der Waals surface area contributed by atoms with Gasteiger partial charge in [-0.2, -0.15) is 0 Å². The fourth-order valence-corrected chi connectivity index (χ4v) is 3.28. The molecule has 0 N–H and O–H groups in total. The van der Waals surface area contributed by atoms with Crippen molar-refractivity contribution < 1.29 is 4.74 Å². The van der Waals surface area contributed by atoms with E-state index in [-0.39, 0.29) is 0 Å². The minimum absolute atomic E-state index is 0.819. The minimum Gasteiger partial charge on any atom is -0.493 e. The van der Waals surface area contributed by atoms with E-state index in [1.165, 1.54) is 35.1 Å². The van der Waals surface area contributed by atoms with Crippen LogP contribution in [0, 0.1) is 6.92 Å². The first-order valence-corrected chi connectivity index (χ1v) is 8.69.